The summed E-state index contributed by atoms with van der Waals surface area (Å²) in [6, 6.07) is 2.65. The van der Waals surface area contributed by atoms with E-state index in [1.807, 2.05) is 0 Å². The minimum absolute atomic E-state index is 0.0453. The summed E-state index contributed by atoms with van der Waals surface area (Å²) in [5.41, 5.74) is -0.738. The van der Waals surface area contributed by atoms with E-state index < -0.39 is 34.8 Å². The number of nitrogens with one attached hydrogen (secondary N) is 1. The predicted molar refractivity (Wildman–Crippen MR) is 74.6 cm³/mol. The molecule has 1 amide bonds. The first-order valence-corrected chi connectivity index (χ1v) is 6.58. The number of rotatable bonds is 4. The van der Waals surface area contributed by atoms with Crippen molar-refractivity contribution in [3.63, 3.8) is 0 Å². The lowest BCUT2D eigenvalue weighted by Gasteiger charge is -2.27. The van der Waals surface area contributed by atoms with Crippen LogP contribution in [0.3, 0.4) is 0 Å². The number of anilines is 1. The maximum absolute atomic E-state index is 13.1. The molecule has 116 valence electrons. The van der Waals surface area contributed by atoms with Crippen molar-refractivity contribution >= 4 is 17.6 Å². The third-order valence-corrected chi connectivity index (χ3v) is 2.78. The van der Waals surface area contributed by atoms with Gasteiger partial charge in [-0.15, -0.1) is 0 Å². The predicted octanol–water partition coefficient (Wildman–Crippen LogP) is 3.13. The lowest BCUT2D eigenvalue weighted by atomic mass is 9.80. The maximum atomic E-state index is 13.1. The molecule has 6 heteroatoms. The minimum Gasteiger partial charge on any atom is -0.465 e. The molecule has 0 aromatic heterocycles. The standard InChI is InChI=1S/C15H19F2NO3/c1-5-21-14(20)12(15(2,3)4)13(19)18-11-7-9(16)6-10(17)8-11/h6-8,12H,5H2,1-4H3,(H,18,19). The van der Waals surface area contributed by atoms with Crippen LogP contribution in [0, 0.1) is 23.0 Å². The minimum atomic E-state index is -1.08. The molecule has 0 saturated heterocycles. The van der Waals surface area contributed by atoms with Gasteiger partial charge < -0.3 is 10.1 Å². The molecule has 21 heavy (non-hydrogen) atoms. The highest BCUT2D eigenvalue weighted by Crippen LogP contribution is 2.28. The Morgan fingerprint density at radius 2 is 1.71 bits per heavy atom. The molecule has 1 atom stereocenters. The Kier molecular flexibility index (Phi) is 5.41. The first-order chi connectivity index (χ1) is 9.65. The Morgan fingerprint density at radius 3 is 2.14 bits per heavy atom. The summed E-state index contributed by atoms with van der Waals surface area (Å²) < 4.78 is 31.1. The molecule has 1 unspecified atom stereocenters. The van der Waals surface area contributed by atoms with E-state index in [-0.39, 0.29) is 12.3 Å². The Balaban J connectivity index is 2.98. The highest BCUT2D eigenvalue weighted by molar-refractivity contribution is 6.05. The Bertz CT molecular complexity index is 518. The van der Waals surface area contributed by atoms with E-state index in [1.165, 1.54) is 0 Å². The fourth-order valence-corrected chi connectivity index (χ4v) is 1.92. The number of esters is 1. The molecule has 0 fully saturated rings. The zero-order chi connectivity index (χ0) is 16.2. The molecule has 0 aliphatic carbocycles. The molecule has 0 spiro atoms. The van der Waals surface area contributed by atoms with Crippen molar-refractivity contribution in [2.45, 2.75) is 27.7 Å². The van der Waals surface area contributed by atoms with Crippen LogP contribution in [0.4, 0.5) is 14.5 Å². The summed E-state index contributed by atoms with van der Waals surface area (Å²) in [4.78, 5) is 24.2. The molecule has 0 aliphatic rings. The van der Waals surface area contributed by atoms with Crippen molar-refractivity contribution in [1.29, 1.82) is 0 Å². The summed E-state index contributed by atoms with van der Waals surface area (Å²) in [5, 5.41) is 2.35. The molecule has 0 heterocycles. The first kappa shape index (κ1) is 17.1. The molecule has 1 aromatic rings. The Morgan fingerprint density at radius 1 is 1.19 bits per heavy atom. The van der Waals surface area contributed by atoms with Gasteiger partial charge in [-0.25, -0.2) is 8.78 Å². The van der Waals surface area contributed by atoms with Gasteiger partial charge in [0.1, 0.15) is 17.6 Å². The zero-order valence-corrected chi connectivity index (χ0v) is 12.5. The first-order valence-electron chi connectivity index (χ1n) is 6.58. The summed E-state index contributed by atoms with van der Waals surface area (Å²) >= 11 is 0. The summed E-state index contributed by atoms with van der Waals surface area (Å²) in [7, 11) is 0. The number of hydrogen-bond acceptors (Lipinski definition) is 3. The normalized spacial score (nSPS) is 12.7. The number of ether oxygens (including phenoxy) is 1. The van der Waals surface area contributed by atoms with Crippen molar-refractivity contribution in [2.75, 3.05) is 11.9 Å². The van der Waals surface area contributed by atoms with E-state index in [2.05, 4.69) is 5.32 Å². The van der Waals surface area contributed by atoms with E-state index >= 15 is 0 Å². The van der Waals surface area contributed by atoms with Crippen LogP contribution < -0.4 is 5.32 Å². The summed E-state index contributed by atoms with van der Waals surface area (Å²) in [6.07, 6.45) is 0. The largest absolute Gasteiger partial charge is 0.465 e. The van der Waals surface area contributed by atoms with Crippen LogP contribution in [0.25, 0.3) is 0 Å². The molecule has 1 rings (SSSR count). The lowest BCUT2D eigenvalue weighted by molar-refractivity contribution is -0.155. The highest BCUT2D eigenvalue weighted by atomic mass is 19.1. The topological polar surface area (TPSA) is 55.4 Å². The van der Waals surface area contributed by atoms with E-state index in [4.69, 9.17) is 4.74 Å². The molecule has 0 aliphatic heterocycles. The monoisotopic (exact) mass is 299 g/mol. The molecule has 4 nitrogen and oxygen atoms in total. The highest BCUT2D eigenvalue weighted by Gasteiger charge is 2.39. The van der Waals surface area contributed by atoms with Gasteiger partial charge in [-0.2, -0.15) is 0 Å². The van der Waals surface area contributed by atoms with Gasteiger partial charge in [0, 0.05) is 11.8 Å². The van der Waals surface area contributed by atoms with Crippen molar-refractivity contribution in [1.82, 2.24) is 0 Å². The molecular formula is C15H19F2NO3. The SMILES string of the molecule is CCOC(=O)C(C(=O)Nc1cc(F)cc(F)c1)C(C)(C)C. The molecule has 0 saturated carbocycles. The molecule has 1 aromatic carbocycles. The third-order valence-electron chi connectivity index (χ3n) is 2.78. The van der Waals surface area contributed by atoms with Crippen LogP contribution in [0.2, 0.25) is 0 Å². The van der Waals surface area contributed by atoms with Crippen molar-refractivity contribution < 1.29 is 23.1 Å². The van der Waals surface area contributed by atoms with Crippen molar-refractivity contribution in [3.8, 4) is 0 Å². The van der Waals surface area contributed by atoms with Gasteiger partial charge in [-0.1, -0.05) is 20.8 Å². The quantitative estimate of drug-likeness (QED) is 0.686. The summed E-state index contributed by atoms with van der Waals surface area (Å²) in [5.74, 6) is -4.03. The average molecular weight is 299 g/mol. The second kappa shape index (κ2) is 6.65. The fourth-order valence-electron chi connectivity index (χ4n) is 1.92. The Labute approximate surface area is 122 Å². The molecule has 0 radical (unpaired) electrons. The van der Waals surface area contributed by atoms with E-state index in [1.54, 1.807) is 27.7 Å². The van der Waals surface area contributed by atoms with Crippen LogP contribution in [-0.2, 0) is 14.3 Å². The number of halogens is 2. The fraction of sp³-hybridized carbons (Fsp3) is 0.467. The van der Waals surface area contributed by atoms with Crippen molar-refractivity contribution in [2.24, 2.45) is 11.3 Å². The molecule has 1 N–H and O–H groups in total. The summed E-state index contributed by atoms with van der Waals surface area (Å²) in [6.45, 7) is 6.91. The van der Waals surface area contributed by atoms with Gasteiger partial charge in [0.15, 0.2) is 0 Å². The van der Waals surface area contributed by atoms with Crippen LogP contribution >= 0.6 is 0 Å². The zero-order valence-electron chi connectivity index (χ0n) is 12.5. The molecular weight excluding hydrogens is 280 g/mol. The van der Waals surface area contributed by atoms with Gasteiger partial charge in [0.25, 0.3) is 0 Å². The van der Waals surface area contributed by atoms with Gasteiger partial charge in [0.2, 0.25) is 5.91 Å². The van der Waals surface area contributed by atoms with E-state index in [0.29, 0.717) is 6.07 Å². The average Bonchev–Trinajstić information content (AvgIpc) is 2.25. The Hall–Kier alpha value is -1.98. The van der Waals surface area contributed by atoms with Crippen LogP contribution in [-0.4, -0.2) is 18.5 Å². The van der Waals surface area contributed by atoms with Gasteiger partial charge in [-0.05, 0) is 24.5 Å². The van der Waals surface area contributed by atoms with Crippen LogP contribution in [0.1, 0.15) is 27.7 Å². The van der Waals surface area contributed by atoms with Crippen LogP contribution in [0.15, 0.2) is 18.2 Å². The number of carbonyl (C=O) groups excluding carboxylic acids is 2. The van der Waals surface area contributed by atoms with Gasteiger partial charge in [-0.3, -0.25) is 9.59 Å². The third kappa shape index (κ3) is 4.81. The maximum Gasteiger partial charge on any atom is 0.319 e. The van der Waals surface area contributed by atoms with Crippen molar-refractivity contribution in [3.05, 3.63) is 29.8 Å². The lowest BCUT2D eigenvalue weighted by Crippen LogP contribution is -2.40. The smallest absolute Gasteiger partial charge is 0.319 e. The molecule has 0 bridgehead atoms. The second-order valence-electron chi connectivity index (χ2n) is 5.70. The second-order valence-corrected chi connectivity index (χ2v) is 5.70. The van der Waals surface area contributed by atoms with Gasteiger partial charge in [0.05, 0.1) is 6.61 Å². The van der Waals surface area contributed by atoms with E-state index in [9.17, 15) is 18.4 Å². The number of hydrogen-bond donors (Lipinski definition) is 1. The van der Waals surface area contributed by atoms with Crippen LogP contribution in [0.5, 0.6) is 0 Å². The number of carbonyl (C=O) groups is 2. The van der Waals surface area contributed by atoms with E-state index in [0.717, 1.165) is 12.1 Å². The number of amides is 1. The number of benzene rings is 1. The van der Waals surface area contributed by atoms with Gasteiger partial charge >= 0.3 is 5.97 Å².